The Kier molecular flexibility index (Phi) is 4.07. The van der Waals surface area contributed by atoms with Crippen LogP contribution in [0, 0.1) is 0 Å². The molecule has 0 radical (unpaired) electrons. The highest BCUT2D eigenvalue weighted by atomic mass is 16.1. The molecule has 1 aromatic carbocycles. The van der Waals surface area contributed by atoms with Crippen LogP contribution in [0.4, 0.5) is 5.69 Å². The number of H-pyrrole nitrogens is 1. The summed E-state index contributed by atoms with van der Waals surface area (Å²) in [6.07, 6.45) is 0.405. The van der Waals surface area contributed by atoms with Crippen LogP contribution in [-0.2, 0) is 11.3 Å². The molecule has 0 spiro atoms. The number of nitrogens with two attached hydrogens (primary N) is 1. The quantitative estimate of drug-likeness (QED) is 0.682. The number of nitrogens with one attached hydrogen (secondary N) is 2. The first-order valence-electron chi connectivity index (χ1n) is 5.99. The summed E-state index contributed by atoms with van der Waals surface area (Å²) in [5.74, 6) is 0.550. The van der Waals surface area contributed by atoms with Crippen LogP contribution in [0.3, 0.4) is 0 Å². The normalized spacial score (nSPS) is 12.1. The van der Waals surface area contributed by atoms with E-state index in [4.69, 9.17) is 5.73 Å². The van der Waals surface area contributed by atoms with Crippen LogP contribution >= 0.6 is 0 Å². The Morgan fingerprint density at radius 2 is 2.16 bits per heavy atom. The molecule has 2 aromatic rings. The van der Waals surface area contributed by atoms with Gasteiger partial charge in [0, 0.05) is 12.1 Å². The summed E-state index contributed by atoms with van der Waals surface area (Å²) in [6, 6.07) is 7.55. The van der Waals surface area contributed by atoms with Crippen molar-refractivity contribution >= 4 is 11.6 Å². The minimum atomic E-state index is -0.0471. The summed E-state index contributed by atoms with van der Waals surface area (Å²) in [5, 5.41) is 16.0. The average Bonchev–Trinajstić information content (AvgIpc) is 2.90. The molecule has 0 aliphatic carbocycles. The molecule has 1 unspecified atom stereocenters. The summed E-state index contributed by atoms with van der Waals surface area (Å²) >= 11 is 0. The third-order valence-electron chi connectivity index (χ3n) is 2.83. The molecule has 1 heterocycles. The second-order valence-electron chi connectivity index (χ2n) is 4.38. The predicted octanol–water partition coefficient (Wildman–Crippen LogP) is 0.592. The van der Waals surface area contributed by atoms with Crippen LogP contribution < -0.4 is 11.1 Å². The highest BCUT2D eigenvalue weighted by Gasteiger charge is 2.11. The Hall–Kier alpha value is -2.44. The fourth-order valence-electron chi connectivity index (χ4n) is 1.73. The van der Waals surface area contributed by atoms with E-state index in [0.717, 1.165) is 11.3 Å². The van der Waals surface area contributed by atoms with E-state index in [2.05, 4.69) is 25.9 Å². The molecule has 1 aromatic heterocycles. The topological polar surface area (TPSA) is 110 Å². The van der Waals surface area contributed by atoms with Crippen molar-refractivity contribution in [3.63, 3.8) is 0 Å². The Balaban J connectivity index is 1.83. The van der Waals surface area contributed by atoms with Crippen LogP contribution in [-0.4, -0.2) is 26.5 Å². The van der Waals surface area contributed by atoms with E-state index in [1.807, 2.05) is 31.2 Å². The Labute approximate surface area is 110 Å². The van der Waals surface area contributed by atoms with Gasteiger partial charge in [-0.25, -0.2) is 0 Å². The number of nitrogens with zero attached hydrogens (tertiary/aromatic N) is 3. The van der Waals surface area contributed by atoms with E-state index in [9.17, 15) is 4.79 Å². The molecule has 0 saturated heterocycles. The fourth-order valence-corrected chi connectivity index (χ4v) is 1.73. The summed E-state index contributed by atoms with van der Waals surface area (Å²) in [7, 11) is 0. The van der Waals surface area contributed by atoms with E-state index < -0.39 is 0 Å². The molecule has 100 valence electrons. The monoisotopic (exact) mass is 260 g/mol. The van der Waals surface area contributed by atoms with Crippen LogP contribution in [0.2, 0.25) is 0 Å². The number of benzene rings is 1. The van der Waals surface area contributed by atoms with Crippen molar-refractivity contribution in [3.8, 4) is 0 Å². The molecular weight excluding hydrogens is 244 g/mol. The second kappa shape index (κ2) is 5.94. The molecule has 0 saturated carbocycles. The maximum absolute atomic E-state index is 11.8. The van der Waals surface area contributed by atoms with Crippen molar-refractivity contribution in [2.75, 3.05) is 5.73 Å². The molecule has 7 heteroatoms. The number of carbonyl (C=O) groups excluding carboxylic acids is 1. The van der Waals surface area contributed by atoms with Gasteiger partial charge < -0.3 is 11.1 Å². The van der Waals surface area contributed by atoms with E-state index in [0.29, 0.717) is 12.2 Å². The molecule has 19 heavy (non-hydrogen) atoms. The number of hydrogen-bond acceptors (Lipinski definition) is 5. The Bertz CT molecular complexity index is 522. The van der Waals surface area contributed by atoms with Gasteiger partial charge in [0.2, 0.25) is 5.91 Å². The zero-order valence-electron chi connectivity index (χ0n) is 10.6. The molecule has 1 atom stereocenters. The number of rotatable bonds is 5. The number of nitrogen functional groups attached to an aromatic ring is 1. The third kappa shape index (κ3) is 3.77. The minimum absolute atomic E-state index is 0.0471. The molecule has 7 nitrogen and oxygen atoms in total. The number of hydrogen-bond donors (Lipinski definition) is 3. The second-order valence-corrected chi connectivity index (χ2v) is 4.38. The van der Waals surface area contributed by atoms with Gasteiger partial charge in [-0.3, -0.25) is 4.79 Å². The van der Waals surface area contributed by atoms with E-state index in [-0.39, 0.29) is 18.4 Å². The average molecular weight is 260 g/mol. The molecule has 0 bridgehead atoms. The summed E-state index contributed by atoms with van der Waals surface area (Å²) < 4.78 is 0. The Morgan fingerprint density at radius 3 is 2.79 bits per heavy atom. The van der Waals surface area contributed by atoms with Gasteiger partial charge in [0.25, 0.3) is 0 Å². The first-order chi connectivity index (χ1) is 9.15. The summed E-state index contributed by atoms with van der Waals surface area (Å²) in [5.41, 5.74) is 7.43. The standard InChI is InChI=1S/C12H16N6O/c1-8(9-2-4-10(13)5-3-9)6-12(19)14-7-11-15-17-18-16-11/h2-5,8H,6-7,13H2,1H3,(H,14,19)(H,15,16,17,18). The zero-order valence-corrected chi connectivity index (χ0v) is 10.6. The summed E-state index contributed by atoms with van der Waals surface area (Å²) in [6.45, 7) is 2.28. The van der Waals surface area contributed by atoms with Crippen molar-refractivity contribution < 1.29 is 4.79 Å². The number of aromatic nitrogens is 4. The van der Waals surface area contributed by atoms with E-state index >= 15 is 0 Å². The molecule has 0 aliphatic heterocycles. The highest BCUT2D eigenvalue weighted by Crippen LogP contribution is 2.19. The number of aromatic amines is 1. The predicted molar refractivity (Wildman–Crippen MR) is 69.9 cm³/mol. The number of tetrazole rings is 1. The maximum Gasteiger partial charge on any atom is 0.220 e. The largest absolute Gasteiger partial charge is 0.399 e. The van der Waals surface area contributed by atoms with E-state index in [1.54, 1.807) is 0 Å². The lowest BCUT2D eigenvalue weighted by Gasteiger charge is -2.11. The van der Waals surface area contributed by atoms with Crippen molar-refractivity contribution in [1.29, 1.82) is 0 Å². The van der Waals surface area contributed by atoms with Crippen LogP contribution in [0.25, 0.3) is 0 Å². The molecular formula is C12H16N6O. The minimum Gasteiger partial charge on any atom is -0.399 e. The Morgan fingerprint density at radius 1 is 1.42 bits per heavy atom. The van der Waals surface area contributed by atoms with Gasteiger partial charge in [0.1, 0.15) is 0 Å². The highest BCUT2D eigenvalue weighted by molar-refractivity contribution is 5.76. The number of anilines is 1. The fraction of sp³-hybridized carbons (Fsp3) is 0.333. The van der Waals surface area contributed by atoms with Gasteiger partial charge in [0.05, 0.1) is 6.54 Å². The van der Waals surface area contributed by atoms with Crippen molar-refractivity contribution in [1.82, 2.24) is 25.9 Å². The van der Waals surface area contributed by atoms with Crippen molar-refractivity contribution in [2.45, 2.75) is 25.8 Å². The van der Waals surface area contributed by atoms with Gasteiger partial charge in [-0.1, -0.05) is 24.3 Å². The number of carbonyl (C=O) groups is 1. The first kappa shape index (κ1) is 13.0. The molecule has 2 rings (SSSR count). The molecule has 0 aliphatic rings. The van der Waals surface area contributed by atoms with E-state index in [1.165, 1.54) is 0 Å². The SMILES string of the molecule is CC(CC(=O)NCc1nn[nH]n1)c1ccc(N)cc1. The maximum atomic E-state index is 11.8. The van der Waals surface area contributed by atoms with Crippen molar-refractivity contribution in [3.05, 3.63) is 35.7 Å². The zero-order chi connectivity index (χ0) is 13.7. The van der Waals surface area contributed by atoms with Gasteiger partial charge in [-0.05, 0) is 23.6 Å². The van der Waals surface area contributed by atoms with Crippen LogP contribution in [0.1, 0.15) is 30.7 Å². The summed E-state index contributed by atoms with van der Waals surface area (Å²) in [4.78, 5) is 11.8. The van der Waals surface area contributed by atoms with Gasteiger partial charge in [-0.2, -0.15) is 5.21 Å². The van der Waals surface area contributed by atoms with Gasteiger partial charge in [-0.15, -0.1) is 10.2 Å². The molecule has 4 N–H and O–H groups in total. The third-order valence-corrected chi connectivity index (χ3v) is 2.83. The lowest BCUT2D eigenvalue weighted by Crippen LogP contribution is -2.24. The smallest absolute Gasteiger partial charge is 0.220 e. The number of amides is 1. The van der Waals surface area contributed by atoms with Crippen LogP contribution in [0.5, 0.6) is 0 Å². The lowest BCUT2D eigenvalue weighted by atomic mass is 9.97. The first-order valence-corrected chi connectivity index (χ1v) is 5.99. The van der Waals surface area contributed by atoms with Gasteiger partial charge >= 0.3 is 0 Å². The molecule has 1 amide bonds. The van der Waals surface area contributed by atoms with Gasteiger partial charge in [0.15, 0.2) is 5.82 Å². The lowest BCUT2D eigenvalue weighted by molar-refractivity contribution is -0.121. The van der Waals surface area contributed by atoms with Crippen LogP contribution in [0.15, 0.2) is 24.3 Å². The molecule has 0 fully saturated rings. The van der Waals surface area contributed by atoms with Crippen molar-refractivity contribution in [2.24, 2.45) is 0 Å².